The Hall–Kier alpha value is -7.11. The van der Waals surface area contributed by atoms with E-state index in [1.807, 2.05) is 42.5 Å². The third-order valence-corrected chi connectivity index (χ3v) is 9.62. The first-order chi connectivity index (χ1) is 25.8. The molecule has 0 fully saturated rings. The zero-order chi connectivity index (χ0) is 34.4. The van der Waals surface area contributed by atoms with E-state index in [-0.39, 0.29) is 0 Å². The molecule has 0 spiro atoms. The molecule has 0 aliphatic carbocycles. The van der Waals surface area contributed by atoms with Crippen LogP contribution in [0.3, 0.4) is 0 Å². The summed E-state index contributed by atoms with van der Waals surface area (Å²) in [4.78, 5) is 9.61. The van der Waals surface area contributed by atoms with E-state index in [1.165, 1.54) is 0 Å². The summed E-state index contributed by atoms with van der Waals surface area (Å²) in [7, 11) is 0. The molecule has 246 valence electrons. The number of hydrogen-bond donors (Lipinski definition) is 0. The van der Waals surface area contributed by atoms with E-state index in [4.69, 9.17) is 13.8 Å². The van der Waals surface area contributed by atoms with E-state index in [0.29, 0.717) is 5.89 Å². The van der Waals surface area contributed by atoms with Crippen LogP contribution >= 0.6 is 0 Å². The van der Waals surface area contributed by atoms with Crippen LogP contribution in [0.25, 0.3) is 55.3 Å². The molecule has 52 heavy (non-hydrogen) atoms. The van der Waals surface area contributed by atoms with E-state index in [1.54, 1.807) is 0 Å². The first-order valence-corrected chi connectivity index (χ1v) is 17.4. The van der Waals surface area contributed by atoms with Crippen LogP contribution in [0.2, 0.25) is 0 Å². The monoisotopic (exact) mass is 669 g/mol. The Bertz CT molecular complexity index is 2810. The van der Waals surface area contributed by atoms with Crippen LogP contribution < -0.4 is 9.80 Å². The molecule has 10 aromatic rings. The number of furan rings is 1. The lowest BCUT2D eigenvalue weighted by Gasteiger charge is -2.30. The van der Waals surface area contributed by atoms with Crippen LogP contribution in [0.4, 0.5) is 34.1 Å². The first-order valence-electron chi connectivity index (χ1n) is 17.4. The Kier molecular flexibility index (Phi) is 7.07. The highest BCUT2D eigenvalue weighted by Gasteiger charge is 2.24. The number of hydrogen-bond acceptors (Lipinski definition) is 5. The van der Waals surface area contributed by atoms with E-state index >= 15 is 0 Å². The Balaban J connectivity index is 1.28. The fourth-order valence-corrected chi connectivity index (χ4v) is 7.27. The maximum absolute atomic E-state index is 6.72. The largest absolute Gasteiger partial charge is 0.456 e. The van der Waals surface area contributed by atoms with Crippen molar-refractivity contribution in [1.82, 2.24) is 4.98 Å². The number of para-hydroxylation sites is 4. The molecule has 5 nitrogen and oxygen atoms in total. The normalized spacial score (nSPS) is 11.5. The van der Waals surface area contributed by atoms with Crippen LogP contribution in [-0.2, 0) is 0 Å². The van der Waals surface area contributed by atoms with Crippen molar-refractivity contribution < 1.29 is 8.83 Å². The molecule has 0 amide bonds. The van der Waals surface area contributed by atoms with E-state index < -0.39 is 0 Å². The summed E-state index contributed by atoms with van der Waals surface area (Å²) in [6, 6.07) is 65.0. The predicted octanol–water partition coefficient (Wildman–Crippen LogP) is 13.5. The number of anilines is 6. The van der Waals surface area contributed by atoms with Crippen molar-refractivity contribution in [3.63, 3.8) is 0 Å². The molecule has 5 heteroatoms. The summed E-state index contributed by atoms with van der Waals surface area (Å²) in [5, 5.41) is 4.17. The molecule has 0 aliphatic heterocycles. The molecular weight excluding hydrogens is 639 g/mol. The Labute approximate surface area is 300 Å². The number of nitrogens with zero attached hydrogens (tertiary/aromatic N) is 3. The number of oxazole rings is 1. The van der Waals surface area contributed by atoms with Crippen molar-refractivity contribution in [2.24, 2.45) is 0 Å². The molecule has 10 rings (SSSR count). The molecule has 0 radical (unpaired) electrons. The van der Waals surface area contributed by atoms with E-state index in [0.717, 1.165) is 83.5 Å². The van der Waals surface area contributed by atoms with Crippen molar-refractivity contribution in [3.8, 4) is 11.5 Å². The van der Waals surface area contributed by atoms with Crippen LogP contribution in [-0.4, -0.2) is 4.98 Å². The van der Waals surface area contributed by atoms with Gasteiger partial charge in [0, 0.05) is 44.8 Å². The van der Waals surface area contributed by atoms with Crippen molar-refractivity contribution >= 4 is 77.9 Å². The van der Waals surface area contributed by atoms with Gasteiger partial charge in [-0.25, -0.2) is 4.98 Å². The number of fused-ring (bicyclic) bond motifs is 6. The highest BCUT2D eigenvalue weighted by molar-refractivity contribution is 6.14. The van der Waals surface area contributed by atoms with Gasteiger partial charge >= 0.3 is 0 Å². The van der Waals surface area contributed by atoms with Gasteiger partial charge in [0.25, 0.3) is 0 Å². The highest BCUT2D eigenvalue weighted by Crippen LogP contribution is 2.47. The maximum atomic E-state index is 6.72. The molecule has 2 heterocycles. The fraction of sp³-hybridized carbons (Fsp3) is 0. The molecule has 0 bridgehead atoms. The fourth-order valence-electron chi connectivity index (χ4n) is 7.27. The molecular formula is C47H31N3O2. The summed E-state index contributed by atoms with van der Waals surface area (Å²) in [5.41, 5.74) is 10.3. The SMILES string of the molecule is c1ccc(-c2nc3ccc4cc(N(c5ccccc5)c5ccc6oc7ccccc7c6c5)cc(N(c5ccccc5)c5ccccc5)c4c3o2)cc1. The zero-order valence-electron chi connectivity index (χ0n) is 28.1. The third-order valence-electron chi connectivity index (χ3n) is 9.62. The van der Waals surface area contributed by atoms with Crippen molar-refractivity contribution in [2.45, 2.75) is 0 Å². The second kappa shape index (κ2) is 12.3. The van der Waals surface area contributed by atoms with Gasteiger partial charge < -0.3 is 18.6 Å². The molecule has 0 saturated carbocycles. The average molecular weight is 670 g/mol. The minimum atomic E-state index is 0.593. The standard InChI is InChI=1S/C47H31N3O2/c1-5-15-32(16-6-1)47-48-41-27-25-33-29-38(31-42(45(33)46(41)52-47)50(35-19-9-3-10-20-35)36-21-11-4-12-22-36)49(34-17-7-2-8-18-34)37-26-28-44-40(30-37)39-23-13-14-24-43(39)51-44/h1-31H. The second-order valence-corrected chi connectivity index (χ2v) is 12.8. The molecule has 8 aromatic carbocycles. The smallest absolute Gasteiger partial charge is 0.227 e. The average Bonchev–Trinajstić information content (AvgIpc) is 3.82. The topological polar surface area (TPSA) is 45.7 Å². The maximum Gasteiger partial charge on any atom is 0.227 e. The van der Waals surface area contributed by atoms with Gasteiger partial charge in [-0.2, -0.15) is 0 Å². The number of benzene rings is 8. The lowest BCUT2D eigenvalue weighted by atomic mass is 10.0. The van der Waals surface area contributed by atoms with Gasteiger partial charge in [0.15, 0.2) is 5.58 Å². The summed E-state index contributed by atoms with van der Waals surface area (Å²) < 4.78 is 13.0. The van der Waals surface area contributed by atoms with Crippen molar-refractivity contribution in [1.29, 1.82) is 0 Å². The Morgan fingerprint density at radius 3 is 1.69 bits per heavy atom. The minimum absolute atomic E-state index is 0.593. The van der Waals surface area contributed by atoms with Gasteiger partial charge in [-0.05, 0) is 96.4 Å². The summed E-state index contributed by atoms with van der Waals surface area (Å²) >= 11 is 0. The lowest BCUT2D eigenvalue weighted by molar-refractivity contribution is 0.623. The van der Waals surface area contributed by atoms with E-state index in [9.17, 15) is 0 Å². The predicted molar refractivity (Wildman–Crippen MR) is 214 cm³/mol. The Morgan fingerprint density at radius 2 is 1.00 bits per heavy atom. The van der Waals surface area contributed by atoms with Crippen LogP contribution in [0.15, 0.2) is 197 Å². The summed E-state index contributed by atoms with van der Waals surface area (Å²) in [6.07, 6.45) is 0. The van der Waals surface area contributed by atoms with Gasteiger partial charge in [0.05, 0.1) is 11.1 Å². The van der Waals surface area contributed by atoms with Crippen LogP contribution in [0.1, 0.15) is 0 Å². The molecule has 0 saturated heterocycles. The summed E-state index contributed by atoms with van der Waals surface area (Å²) in [5.74, 6) is 0.593. The minimum Gasteiger partial charge on any atom is -0.456 e. The lowest BCUT2D eigenvalue weighted by Crippen LogP contribution is -2.13. The Morgan fingerprint density at radius 1 is 0.404 bits per heavy atom. The second-order valence-electron chi connectivity index (χ2n) is 12.8. The van der Waals surface area contributed by atoms with Crippen molar-refractivity contribution in [2.75, 3.05) is 9.80 Å². The number of aromatic nitrogens is 1. The van der Waals surface area contributed by atoms with E-state index in [2.05, 4.69) is 155 Å². The first kappa shape index (κ1) is 29.8. The zero-order valence-corrected chi connectivity index (χ0v) is 28.1. The van der Waals surface area contributed by atoms with Crippen molar-refractivity contribution in [3.05, 3.63) is 188 Å². The molecule has 2 aromatic heterocycles. The summed E-state index contributed by atoms with van der Waals surface area (Å²) in [6.45, 7) is 0. The quantitative estimate of drug-likeness (QED) is 0.169. The van der Waals surface area contributed by atoms with Gasteiger partial charge in [-0.1, -0.05) is 97.1 Å². The van der Waals surface area contributed by atoms with Crippen LogP contribution in [0.5, 0.6) is 0 Å². The molecule has 0 N–H and O–H groups in total. The third kappa shape index (κ3) is 5.07. The van der Waals surface area contributed by atoms with Gasteiger partial charge in [0.2, 0.25) is 5.89 Å². The number of rotatable bonds is 7. The molecule has 0 unspecified atom stereocenters. The van der Waals surface area contributed by atoms with Gasteiger partial charge in [0.1, 0.15) is 16.7 Å². The van der Waals surface area contributed by atoms with Crippen LogP contribution in [0, 0.1) is 0 Å². The molecule has 0 aliphatic rings. The van der Waals surface area contributed by atoms with Gasteiger partial charge in [-0.3, -0.25) is 0 Å². The van der Waals surface area contributed by atoms with Gasteiger partial charge in [-0.15, -0.1) is 0 Å². The highest BCUT2D eigenvalue weighted by atomic mass is 16.3. The molecule has 0 atom stereocenters.